The van der Waals surface area contributed by atoms with Crippen molar-refractivity contribution >= 4 is 16.8 Å². The molecule has 0 unspecified atom stereocenters. The minimum absolute atomic E-state index is 0.114. The summed E-state index contributed by atoms with van der Waals surface area (Å²) in [6, 6.07) is 8.94. The summed E-state index contributed by atoms with van der Waals surface area (Å²) in [5.74, 6) is -0.163. The molecule has 24 heavy (non-hydrogen) atoms. The Morgan fingerprint density at radius 2 is 2.17 bits per heavy atom. The fraction of sp³-hybridized carbons (Fsp3) is 0.474. The highest BCUT2D eigenvalue weighted by atomic mass is 16.5. The lowest BCUT2D eigenvalue weighted by atomic mass is 9.51. The number of hydrogen-bond donors (Lipinski definition) is 2. The molecule has 1 aromatic heterocycles. The second kappa shape index (κ2) is 5.74. The van der Waals surface area contributed by atoms with Gasteiger partial charge in [0.1, 0.15) is 0 Å². The predicted octanol–water partition coefficient (Wildman–Crippen LogP) is 2.61. The van der Waals surface area contributed by atoms with Crippen molar-refractivity contribution in [2.24, 2.45) is 5.41 Å². The molecule has 126 valence electrons. The van der Waals surface area contributed by atoms with Gasteiger partial charge >= 0.3 is 0 Å². The first-order valence-electron chi connectivity index (χ1n) is 8.68. The number of amides is 1. The van der Waals surface area contributed by atoms with Crippen LogP contribution in [0.4, 0.5) is 0 Å². The highest BCUT2D eigenvalue weighted by Gasteiger charge is 2.59. The molecule has 0 saturated heterocycles. The van der Waals surface area contributed by atoms with Crippen LogP contribution in [0.15, 0.2) is 35.1 Å². The van der Waals surface area contributed by atoms with Gasteiger partial charge in [-0.1, -0.05) is 24.6 Å². The third-order valence-corrected chi connectivity index (χ3v) is 5.74. The van der Waals surface area contributed by atoms with Crippen molar-refractivity contribution < 1.29 is 9.53 Å². The maximum Gasteiger partial charge on any atom is 0.252 e. The molecule has 2 fully saturated rings. The van der Waals surface area contributed by atoms with Gasteiger partial charge in [0.2, 0.25) is 5.56 Å². The van der Waals surface area contributed by atoms with E-state index < -0.39 is 0 Å². The summed E-state index contributed by atoms with van der Waals surface area (Å²) in [5, 5.41) is 3.94. The minimum Gasteiger partial charge on any atom is -0.378 e. The Labute approximate surface area is 140 Å². The largest absolute Gasteiger partial charge is 0.378 e. The number of carbonyl (C=O) groups is 1. The second-order valence-electron chi connectivity index (χ2n) is 6.89. The standard InChI is InChI=1S/C19H22N2O3/c1-2-24-16-11-15(19(16)8-5-9-19)21-18(23)13-10-17(22)20-14-7-4-3-6-12(13)14/h3-4,6-7,10,15-16H,2,5,8-9,11H2,1H3,(H,20,22)(H,21,23)/t15-,16-/m1/s1. The van der Waals surface area contributed by atoms with Gasteiger partial charge in [-0.2, -0.15) is 0 Å². The topological polar surface area (TPSA) is 71.2 Å². The van der Waals surface area contributed by atoms with Gasteiger partial charge in [0.05, 0.1) is 11.7 Å². The molecule has 0 radical (unpaired) electrons. The Hall–Kier alpha value is -2.14. The molecule has 5 nitrogen and oxygen atoms in total. The van der Waals surface area contributed by atoms with Crippen molar-refractivity contribution in [2.75, 3.05) is 6.61 Å². The van der Waals surface area contributed by atoms with Crippen LogP contribution >= 0.6 is 0 Å². The molecule has 1 aromatic carbocycles. The van der Waals surface area contributed by atoms with Gasteiger partial charge in [-0.3, -0.25) is 9.59 Å². The van der Waals surface area contributed by atoms with Crippen molar-refractivity contribution in [3.63, 3.8) is 0 Å². The third kappa shape index (κ3) is 2.26. The molecule has 2 aliphatic carbocycles. The smallest absolute Gasteiger partial charge is 0.252 e. The normalized spacial score (nSPS) is 24.4. The highest BCUT2D eigenvalue weighted by molar-refractivity contribution is 6.06. The van der Waals surface area contributed by atoms with E-state index in [0.29, 0.717) is 17.7 Å². The summed E-state index contributed by atoms with van der Waals surface area (Å²) >= 11 is 0. The molecule has 2 aliphatic rings. The number of pyridine rings is 1. The van der Waals surface area contributed by atoms with E-state index in [2.05, 4.69) is 10.3 Å². The Bertz CT molecular complexity index is 838. The van der Waals surface area contributed by atoms with Crippen molar-refractivity contribution in [3.05, 3.63) is 46.2 Å². The van der Waals surface area contributed by atoms with Crippen LogP contribution in [-0.4, -0.2) is 29.6 Å². The number of H-pyrrole nitrogens is 1. The van der Waals surface area contributed by atoms with E-state index in [0.717, 1.165) is 24.6 Å². The number of benzene rings is 1. The van der Waals surface area contributed by atoms with E-state index in [4.69, 9.17) is 4.74 Å². The predicted molar refractivity (Wildman–Crippen MR) is 92.1 cm³/mol. The SMILES string of the molecule is CCO[C@@H]1C[C@@H](NC(=O)c2cc(=O)[nH]c3ccccc23)C12CCC2. The molecule has 2 atom stereocenters. The number of aromatic amines is 1. The van der Waals surface area contributed by atoms with Gasteiger partial charge in [-0.25, -0.2) is 0 Å². The zero-order chi connectivity index (χ0) is 16.7. The van der Waals surface area contributed by atoms with E-state index in [1.165, 1.54) is 12.5 Å². The zero-order valence-corrected chi connectivity index (χ0v) is 13.8. The monoisotopic (exact) mass is 326 g/mol. The van der Waals surface area contributed by atoms with Gasteiger partial charge in [0.15, 0.2) is 0 Å². The van der Waals surface area contributed by atoms with Gasteiger partial charge in [0.25, 0.3) is 5.91 Å². The lowest BCUT2D eigenvalue weighted by Crippen LogP contribution is -2.67. The minimum atomic E-state index is -0.252. The van der Waals surface area contributed by atoms with E-state index >= 15 is 0 Å². The lowest BCUT2D eigenvalue weighted by Gasteiger charge is -2.61. The molecule has 0 aliphatic heterocycles. The highest BCUT2D eigenvalue weighted by Crippen LogP contribution is 2.57. The summed E-state index contributed by atoms with van der Waals surface area (Å²) in [6.45, 7) is 2.73. The van der Waals surface area contributed by atoms with E-state index in [9.17, 15) is 9.59 Å². The van der Waals surface area contributed by atoms with Gasteiger partial charge in [-0.15, -0.1) is 0 Å². The summed E-state index contributed by atoms with van der Waals surface area (Å²) in [6.07, 6.45) is 4.54. The van der Waals surface area contributed by atoms with Crippen molar-refractivity contribution in [2.45, 2.75) is 44.8 Å². The molecular formula is C19H22N2O3. The third-order valence-electron chi connectivity index (χ3n) is 5.74. The molecule has 2 N–H and O–H groups in total. The zero-order valence-electron chi connectivity index (χ0n) is 13.8. The Morgan fingerprint density at radius 3 is 2.88 bits per heavy atom. The van der Waals surface area contributed by atoms with Crippen molar-refractivity contribution in [1.82, 2.24) is 10.3 Å². The average Bonchev–Trinajstić information content (AvgIpc) is 2.51. The van der Waals surface area contributed by atoms with Crippen LogP contribution < -0.4 is 10.9 Å². The maximum absolute atomic E-state index is 12.8. The van der Waals surface area contributed by atoms with Gasteiger partial charge in [-0.05, 0) is 32.3 Å². The Kier molecular flexibility index (Phi) is 3.68. The molecule has 4 rings (SSSR count). The number of carbonyl (C=O) groups excluding carboxylic acids is 1. The molecule has 2 aromatic rings. The first-order chi connectivity index (χ1) is 11.6. The molecule has 5 heteroatoms. The average molecular weight is 326 g/mol. The molecule has 0 bridgehead atoms. The van der Waals surface area contributed by atoms with Crippen molar-refractivity contribution in [3.8, 4) is 0 Å². The lowest BCUT2D eigenvalue weighted by molar-refractivity contribution is -0.169. The number of rotatable bonds is 4. The van der Waals surface area contributed by atoms with Crippen LogP contribution in [0.25, 0.3) is 10.9 Å². The molecule has 2 saturated carbocycles. The fourth-order valence-electron chi connectivity index (χ4n) is 4.27. The van der Waals surface area contributed by atoms with Crippen molar-refractivity contribution in [1.29, 1.82) is 0 Å². The van der Waals surface area contributed by atoms with Crippen LogP contribution in [0.1, 0.15) is 43.0 Å². The molecule has 1 heterocycles. The number of para-hydroxylation sites is 1. The van der Waals surface area contributed by atoms with Gasteiger partial charge in [0, 0.05) is 35.0 Å². The molecule has 1 spiro atoms. The number of fused-ring (bicyclic) bond motifs is 1. The van der Waals surface area contributed by atoms with Crippen LogP contribution in [-0.2, 0) is 4.74 Å². The summed E-state index contributed by atoms with van der Waals surface area (Å²) in [5.41, 5.74) is 0.999. The number of ether oxygens (including phenoxy) is 1. The Morgan fingerprint density at radius 1 is 1.38 bits per heavy atom. The first kappa shape index (κ1) is 15.4. The maximum atomic E-state index is 12.8. The van der Waals surface area contributed by atoms with Crippen LogP contribution in [0.3, 0.4) is 0 Å². The quantitative estimate of drug-likeness (QED) is 0.907. The van der Waals surface area contributed by atoms with Gasteiger partial charge < -0.3 is 15.0 Å². The summed E-state index contributed by atoms with van der Waals surface area (Å²) < 4.78 is 5.84. The van der Waals surface area contributed by atoms with E-state index in [1.807, 2.05) is 31.2 Å². The summed E-state index contributed by atoms with van der Waals surface area (Å²) in [7, 11) is 0. The van der Waals surface area contributed by atoms with Crippen LogP contribution in [0.2, 0.25) is 0 Å². The Balaban J connectivity index is 1.59. The number of hydrogen-bond acceptors (Lipinski definition) is 3. The van der Waals surface area contributed by atoms with E-state index in [1.54, 1.807) is 0 Å². The van der Waals surface area contributed by atoms with Crippen LogP contribution in [0, 0.1) is 5.41 Å². The number of nitrogens with one attached hydrogen (secondary N) is 2. The number of aromatic nitrogens is 1. The van der Waals surface area contributed by atoms with Crippen LogP contribution in [0.5, 0.6) is 0 Å². The second-order valence-corrected chi connectivity index (χ2v) is 6.89. The first-order valence-corrected chi connectivity index (χ1v) is 8.68. The molecular weight excluding hydrogens is 304 g/mol. The molecule has 1 amide bonds. The summed E-state index contributed by atoms with van der Waals surface area (Å²) in [4.78, 5) is 27.4. The fourth-order valence-corrected chi connectivity index (χ4v) is 4.27. The van der Waals surface area contributed by atoms with E-state index in [-0.39, 0.29) is 29.0 Å².